The number of benzene rings is 1. The van der Waals surface area contributed by atoms with E-state index in [1.807, 2.05) is 6.92 Å². The summed E-state index contributed by atoms with van der Waals surface area (Å²) in [5.74, 6) is -0.283. The van der Waals surface area contributed by atoms with Crippen LogP contribution < -0.4 is 4.74 Å². The van der Waals surface area contributed by atoms with Crippen molar-refractivity contribution in [1.82, 2.24) is 9.59 Å². The van der Waals surface area contributed by atoms with E-state index < -0.39 is 12.5 Å². The third-order valence-corrected chi connectivity index (χ3v) is 3.68. The van der Waals surface area contributed by atoms with Gasteiger partial charge in [0.1, 0.15) is 5.75 Å². The topological polar surface area (TPSA) is 55.2 Å². The number of aliphatic hydroxyl groups is 1. The van der Waals surface area contributed by atoms with Crippen LogP contribution in [0.4, 0.5) is 13.2 Å². The Balaban J connectivity index is 2.03. The number of halogens is 3. The number of hydrogen-bond acceptors (Lipinski definition) is 5. The molecule has 114 valence electrons. The zero-order valence-corrected chi connectivity index (χ0v) is 11.9. The fraction of sp³-hybridized carbons (Fsp3) is 0.385. The lowest BCUT2D eigenvalue weighted by Crippen LogP contribution is -2.17. The highest BCUT2D eigenvalue weighted by atomic mass is 32.1. The van der Waals surface area contributed by atoms with Crippen molar-refractivity contribution in [3.63, 3.8) is 0 Å². The highest BCUT2D eigenvalue weighted by Gasteiger charge is 2.31. The van der Waals surface area contributed by atoms with Crippen molar-refractivity contribution in [2.75, 3.05) is 0 Å². The molecule has 1 N–H and O–H groups in total. The van der Waals surface area contributed by atoms with Gasteiger partial charge in [-0.25, -0.2) is 0 Å². The standard InChI is InChI=1S/C13H13F3N2O2S/c1-2-10-12(21-18-17-10)11(19)7-8-3-5-9(6-4-8)20-13(14,15)16/h3-6,11,19H,2,7H2,1H3. The fourth-order valence-corrected chi connectivity index (χ4v) is 2.58. The number of aromatic nitrogens is 2. The normalized spacial score (nSPS) is 13.2. The summed E-state index contributed by atoms with van der Waals surface area (Å²) in [6.45, 7) is 1.91. The lowest BCUT2D eigenvalue weighted by Gasteiger charge is -2.11. The Morgan fingerprint density at radius 1 is 1.29 bits per heavy atom. The molecule has 8 heteroatoms. The summed E-state index contributed by atoms with van der Waals surface area (Å²) in [7, 11) is 0. The second-order valence-electron chi connectivity index (χ2n) is 4.35. The average Bonchev–Trinajstić information content (AvgIpc) is 2.87. The zero-order chi connectivity index (χ0) is 15.5. The molecule has 1 atom stereocenters. The van der Waals surface area contributed by atoms with Crippen molar-refractivity contribution < 1.29 is 23.0 Å². The van der Waals surface area contributed by atoms with Gasteiger partial charge in [-0.15, -0.1) is 18.3 Å². The van der Waals surface area contributed by atoms with Crippen LogP contribution in [0, 0.1) is 0 Å². The predicted molar refractivity (Wildman–Crippen MR) is 71.1 cm³/mol. The van der Waals surface area contributed by atoms with Gasteiger partial charge in [0.25, 0.3) is 0 Å². The minimum absolute atomic E-state index is 0.281. The molecule has 0 spiro atoms. The van der Waals surface area contributed by atoms with Gasteiger partial charge in [-0.3, -0.25) is 0 Å². The van der Waals surface area contributed by atoms with Gasteiger partial charge < -0.3 is 9.84 Å². The Morgan fingerprint density at radius 3 is 2.52 bits per heavy atom. The van der Waals surface area contributed by atoms with Crippen LogP contribution in [0.2, 0.25) is 0 Å². The quantitative estimate of drug-likeness (QED) is 0.919. The van der Waals surface area contributed by atoms with Gasteiger partial charge in [-0.05, 0) is 35.6 Å². The van der Waals surface area contributed by atoms with E-state index in [2.05, 4.69) is 14.3 Å². The number of aryl methyl sites for hydroxylation is 1. The fourth-order valence-electron chi connectivity index (χ4n) is 1.86. The van der Waals surface area contributed by atoms with Crippen molar-refractivity contribution in [2.24, 2.45) is 0 Å². The molecule has 0 saturated carbocycles. The first-order chi connectivity index (χ1) is 9.89. The number of hydrogen-bond donors (Lipinski definition) is 1. The molecule has 0 aliphatic heterocycles. The maximum atomic E-state index is 12.0. The van der Waals surface area contributed by atoms with E-state index in [0.717, 1.165) is 17.2 Å². The van der Waals surface area contributed by atoms with Crippen molar-refractivity contribution >= 4 is 11.5 Å². The second-order valence-corrected chi connectivity index (χ2v) is 5.13. The van der Waals surface area contributed by atoms with E-state index in [0.29, 0.717) is 16.9 Å². The second kappa shape index (κ2) is 6.40. The van der Waals surface area contributed by atoms with Crippen LogP contribution in [0.25, 0.3) is 0 Å². The van der Waals surface area contributed by atoms with Gasteiger partial charge in [-0.2, -0.15) is 0 Å². The Labute approximate surface area is 123 Å². The molecule has 1 aromatic heterocycles. The van der Waals surface area contributed by atoms with Crippen LogP contribution >= 0.6 is 11.5 Å². The molecular formula is C13H13F3N2O2S. The van der Waals surface area contributed by atoms with Crippen LogP contribution in [0.5, 0.6) is 5.75 Å². The Kier molecular flexibility index (Phi) is 4.79. The molecule has 0 aliphatic carbocycles. The third kappa shape index (κ3) is 4.40. The zero-order valence-electron chi connectivity index (χ0n) is 11.1. The van der Waals surface area contributed by atoms with Crippen molar-refractivity contribution in [1.29, 1.82) is 0 Å². The smallest absolute Gasteiger partial charge is 0.406 e. The van der Waals surface area contributed by atoms with E-state index in [9.17, 15) is 18.3 Å². The Bertz CT molecular complexity index is 584. The number of aliphatic hydroxyl groups excluding tert-OH is 1. The van der Waals surface area contributed by atoms with Gasteiger partial charge in [0.05, 0.1) is 16.7 Å². The molecule has 1 heterocycles. The van der Waals surface area contributed by atoms with E-state index >= 15 is 0 Å². The summed E-state index contributed by atoms with van der Waals surface area (Å²) >= 11 is 1.13. The monoisotopic (exact) mass is 318 g/mol. The molecule has 2 aromatic rings. The van der Waals surface area contributed by atoms with Crippen LogP contribution in [-0.2, 0) is 12.8 Å². The maximum absolute atomic E-state index is 12.0. The van der Waals surface area contributed by atoms with E-state index in [1.165, 1.54) is 24.3 Å². The third-order valence-electron chi connectivity index (χ3n) is 2.81. The van der Waals surface area contributed by atoms with Crippen LogP contribution in [-0.4, -0.2) is 21.1 Å². The molecule has 21 heavy (non-hydrogen) atoms. The largest absolute Gasteiger partial charge is 0.573 e. The highest BCUT2D eigenvalue weighted by molar-refractivity contribution is 7.05. The number of ether oxygens (including phenoxy) is 1. The van der Waals surface area contributed by atoms with Gasteiger partial charge in [0.2, 0.25) is 0 Å². The predicted octanol–water partition coefficient (Wildman–Crippen LogP) is 3.28. The summed E-state index contributed by atoms with van der Waals surface area (Å²) in [5, 5.41) is 14.1. The maximum Gasteiger partial charge on any atom is 0.573 e. The molecule has 0 bridgehead atoms. The van der Waals surface area contributed by atoms with Gasteiger partial charge in [-0.1, -0.05) is 23.5 Å². The molecule has 0 amide bonds. The van der Waals surface area contributed by atoms with Crippen molar-refractivity contribution in [3.05, 3.63) is 40.4 Å². The molecular weight excluding hydrogens is 305 g/mol. The summed E-state index contributed by atoms with van der Waals surface area (Å²) < 4.78 is 43.7. The molecule has 0 aliphatic rings. The molecule has 0 radical (unpaired) electrons. The average molecular weight is 318 g/mol. The van der Waals surface area contributed by atoms with Crippen LogP contribution in [0.1, 0.15) is 29.2 Å². The molecule has 1 unspecified atom stereocenters. The van der Waals surface area contributed by atoms with E-state index in [4.69, 9.17) is 0 Å². The number of nitrogens with zero attached hydrogens (tertiary/aromatic N) is 2. The minimum atomic E-state index is -4.70. The summed E-state index contributed by atoms with van der Waals surface area (Å²) in [6, 6.07) is 5.43. The summed E-state index contributed by atoms with van der Waals surface area (Å²) in [4.78, 5) is 0.688. The highest BCUT2D eigenvalue weighted by Crippen LogP contribution is 2.26. The minimum Gasteiger partial charge on any atom is -0.406 e. The van der Waals surface area contributed by atoms with Gasteiger partial charge in [0, 0.05) is 6.42 Å². The first-order valence-corrected chi connectivity index (χ1v) is 7.00. The Morgan fingerprint density at radius 2 is 1.95 bits per heavy atom. The van der Waals surface area contributed by atoms with E-state index in [-0.39, 0.29) is 12.2 Å². The first-order valence-electron chi connectivity index (χ1n) is 6.23. The summed E-state index contributed by atoms with van der Waals surface area (Å²) in [6.07, 6.45) is -4.52. The van der Waals surface area contributed by atoms with Crippen LogP contribution in [0.15, 0.2) is 24.3 Å². The Hall–Kier alpha value is -1.67. The number of alkyl halides is 3. The lowest BCUT2D eigenvalue weighted by molar-refractivity contribution is -0.274. The molecule has 0 fully saturated rings. The molecule has 2 rings (SSSR count). The van der Waals surface area contributed by atoms with Gasteiger partial charge in [0.15, 0.2) is 0 Å². The summed E-state index contributed by atoms with van der Waals surface area (Å²) in [5.41, 5.74) is 1.44. The van der Waals surface area contributed by atoms with Gasteiger partial charge >= 0.3 is 6.36 Å². The molecule has 0 saturated heterocycles. The first kappa shape index (κ1) is 15.7. The number of rotatable bonds is 5. The van der Waals surface area contributed by atoms with Crippen molar-refractivity contribution in [3.8, 4) is 5.75 Å². The van der Waals surface area contributed by atoms with Crippen LogP contribution in [0.3, 0.4) is 0 Å². The lowest BCUT2D eigenvalue weighted by atomic mass is 10.1. The SMILES string of the molecule is CCc1nnsc1C(O)Cc1ccc(OC(F)(F)F)cc1. The van der Waals surface area contributed by atoms with E-state index in [1.54, 1.807) is 0 Å². The molecule has 4 nitrogen and oxygen atoms in total. The molecule has 1 aromatic carbocycles. The van der Waals surface area contributed by atoms with Crippen molar-refractivity contribution in [2.45, 2.75) is 32.2 Å².